The third-order valence-electron chi connectivity index (χ3n) is 9.17. The fraction of sp³-hybridized carbons (Fsp3) is 0.286. The first kappa shape index (κ1) is 38.3. The van der Waals surface area contributed by atoms with Gasteiger partial charge in [-0.25, -0.2) is 14.4 Å². The Morgan fingerprint density at radius 2 is 1.13 bits per heavy atom. The van der Waals surface area contributed by atoms with Gasteiger partial charge in [0.2, 0.25) is 11.8 Å². The first-order valence-corrected chi connectivity index (χ1v) is 16.3. The smallest absolute Gasteiger partial charge is 0.347 e. The third-order valence-corrected chi connectivity index (χ3v) is 9.17. The predicted molar refractivity (Wildman–Crippen MR) is 182 cm³/mol. The minimum Gasteiger partial charge on any atom is -0.481 e. The number of urea groups is 1. The highest BCUT2D eigenvalue weighted by molar-refractivity contribution is 5.91. The summed E-state index contributed by atoms with van der Waals surface area (Å²) in [6.07, 6.45) is -3.10. The lowest BCUT2D eigenvalue weighted by atomic mass is 9.61. The third kappa shape index (κ3) is 7.51. The van der Waals surface area contributed by atoms with Gasteiger partial charge in [0, 0.05) is 30.7 Å². The number of nitrogens with zero attached hydrogens (tertiary/aromatic N) is 2. The van der Waals surface area contributed by atoms with Crippen LogP contribution in [-0.2, 0) is 44.7 Å². The number of rotatable bonds is 16. The average molecular weight is 748 g/mol. The zero-order valence-electron chi connectivity index (χ0n) is 28.1. The number of non-ortho nitro benzene ring substituents is 1. The minimum atomic E-state index is -1.75. The number of carboxylic acids is 4. The van der Waals surface area contributed by atoms with Gasteiger partial charge in [0.1, 0.15) is 23.2 Å². The number of amides is 4. The Hall–Kier alpha value is -6.89. The van der Waals surface area contributed by atoms with Crippen LogP contribution >= 0.6 is 0 Å². The monoisotopic (exact) mass is 747 g/mol. The van der Waals surface area contributed by atoms with E-state index in [1.54, 1.807) is 48.5 Å². The zero-order chi connectivity index (χ0) is 39.4. The molecule has 19 heteroatoms. The fourth-order valence-electron chi connectivity index (χ4n) is 6.84. The van der Waals surface area contributed by atoms with E-state index in [0.29, 0.717) is 22.3 Å². The van der Waals surface area contributed by atoms with Gasteiger partial charge in [-0.05, 0) is 47.2 Å². The predicted octanol–water partition coefficient (Wildman–Crippen LogP) is 2.52. The van der Waals surface area contributed by atoms with E-state index < -0.39 is 95.6 Å². The molecule has 282 valence electrons. The largest absolute Gasteiger partial charge is 0.481 e. The van der Waals surface area contributed by atoms with Gasteiger partial charge in [-0.15, -0.1) is 0 Å². The van der Waals surface area contributed by atoms with E-state index in [0.717, 1.165) is 17.2 Å². The molecular weight excluding hydrogens is 714 g/mol. The average Bonchev–Trinajstić information content (AvgIpc) is 3.12. The SMILES string of the molecule is O=C(O)C[C@H](NC(=O)CCC12ON(C(=O)Nc3ccc([N+](=O)[O-])cc3)C(CCC(=O)N[C@@H](CC(=O)O)C(=O)O)(c3ccccc31)c1ccccc12)C(=O)O. The lowest BCUT2D eigenvalue weighted by Gasteiger charge is -2.59. The molecule has 0 unspecified atom stereocenters. The molecule has 54 heavy (non-hydrogen) atoms. The van der Waals surface area contributed by atoms with Crippen molar-refractivity contribution in [1.82, 2.24) is 15.7 Å². The van der Waals surface area contributed by atoms with E-state index in [2.05, 4.69) is 16.0 Å². The van der Waals surface area contributed by atoms with Gasteiger partial charge in [0.25, 0.3) is 5.69 Å². The van der Waals surface area contributed by atoms with Crippen molar-refractivity contribution in [3.63, 3.8) is 0 Å². The lowest BCUT2D eigenvalue weighted by Crippen LogP contribution is -2.64. The second-order valence-electron chi connectivity index (χ2n) is 12.5. The molecule has 3 aliphatic rings. The maximum Gasteiger partial charge on any atom is 0.347 e. The number of nitrogens with one attached hydrogen (secondary N) is 3. The number of hydroxylamine groups is 2. The molecule has 6 rings (SSSR count). The van der Waals surface area contributed by atoms with Crippen molar-refractivity contribution in [3.8, 4) is 0 Å². The van der Waals surface area contributed by atoms with E-state index in [9.17, 15) is 53.9 Å². The molecule has 3 aromatic rings. The standard InChI is InChI=1S/C35H33N5O14/c41-27(37-25(31(47)48)17-29(43)44)13-15-34-21-5-1-3-7-23(21)35(24-8-4-2-6-22(24)34,16-14-28(42)38-26(32(49)50)18-30(45)46)54-39(34)33(51)36-19-9-11-20(12-10-19)40(52)53/h1-12,25-26H,13-18H2,(H,36,51)(H,37,41)(H,38,42)(H,43,44)(H,45,46)(H,47,48)(H,49,50)/t25-,26-,34?,35?/m0/s1. The number of nitro groups is 1. The number of hydrogen-bond donors (Lipinski definition) is 7. The van der Waals surface area contributed by atoms with E-state index >= 15 is 0 Å². The number of nitro benzene ring substituents is 1. The highest BCUT2D eigenvalue weighted by atomic mass is 16.7. The van der Waals surface area contributed by atoms with Gasteiger partial charge in [-0.3, -0.25) is 34.1 Å². The maximum atomic E-state index is 14.3. The Bertz CT molecular complexity index is 1990. The number of carboxylic acid groups (broad SMARTS) is 4. The van der Waals surface area contributed by atoms with E-state index in [4.69, 9.17) is 15.1 Å². The van der Waals surface area contributed by atoms with Crippen LogP contribution in [0.2, 0.25) is 0 Å². The highest BCUT2D eigenvalue weighted by Crippen LogP contribution is 2.61. The van der Waals surface area contributed by atoms with Crippen LogP contribution in [0.25, 0.3) is 0 Å². The normalized spacial score (nSPS) is 18.9. The molecular formula is C35H33N5O14. The Kier molecular flexibility index (Phi) is 10.9. The van der Waals surface area contributed by atoms with Crippen molar-refractivity contribution in [2.24, 2.45) is 0 Å². The van der Waals surface area contributed by atoms with E-state index in [1.165, 1.54) is 12.1 Å². The van der Waals surface area contributed by atoms with E-state index in [1.807, 2.05) is 0 Å². The lowest BCUT2D eigenvalue weighted by molar-refractivity contribution is -0.384. The number of anilines is 1. The quantitative estimate of drug-likeness (QED) is 0.0819. The fourth-order valence-corrected chi connectivity index (χ4v) is 6.84. The molecule has 2 heterocycles. The van der Waals surface area contributed by atoms with E-state index in [-0.39, 0.29) is 24.2 Å². The molecule has 0 fully saturated rings. The van der Waals surface area contributed by atoms with Crippen LogP contribution < -0.4 is 16.0 Å². The molecule has 0 saturated heterocycles. The van der Waals surface area contributed by atoms with Crippen molar-refractivity contribution >= 4 is 53.1 Å². The number of carbonyl (C=O) groups is 7. The zero-order valence-corrected chi connectivity index (χ0v) is 28.1. The van der Waals surface area contributed by atoms with Crippen molar-refractivity contribution in [3.05, 3.63) is 105 Å². The van der Waals surface area contributed by atoms with Crippen molar-refractivity contribution in [2.75, 3.05) is 5.32 Å². The number of aliphatic carboxylic acids is 4. The second-order valence-corrected chi connectivity index (χ2v) is 12.5. The summed E-state index contributed by atoms with van der Waals surface area (Å²) in [5.74, 6) is -7.73. The summed E-state index contributed by atoms with van der Waals surface area (Å²) < 4.78 is 0. The molecule has 3 aromatic carbocycles. The number of hydrogen-bond acceptors (Lipinski definition) is 10. The van der Waals surface area contributed by atoms with Crippen molar-refractivity contribution in [2.45, 2.75) is 61.7 Å². The molecule has 2 bridgehead atoms. The molecule has 1 aliphatic carbocycles. The summed E-state index contributed by atoms with van der Waals surface area (Å²) >= 11 is 0. The topological polar surface area (TPSA) is 292 Å². The van der Waals surface area contributed by atoms with Gasteiger partial charge in [0.05, 0.1) is 17.8 Å². The summed E-state index contributed by atoms with van der Waals surface area (Å²) in [5.41, 5.74) is -1.55. The van der Waals surface area contributed by atoms with Crippen LogP contribution in [0.5, 0.6) is 0 Å². The van der Waals surface area contributed by atoms with Crippen LogP contribution in [0.15, 0.2) is 72.8 Å². The van der Waals surface area contributed by atoms with Crippen LogP contribution in [-0.4, -0.2) is 84.2 Å². The molecule has 7 N–H and O–H groups in total. The van der Waals surface area contributed by atoms with Gasteiger partial charge in [0.15, 0.2) is 0 Å². The van der Waals surface area contributed by atoms with Gasteiger partial charge < -0.3 is 36.4 Å². The van der Waals surface area contributed by atoms with Crippen LogP contribution in [0.3, 0.4) is 0 Å². The highest BCUT2D eigenvalue weighted by Gasteiger charge is 2.62. The second kappa shape index (κ2) is 15.4. The molecule has 19 nitrogen and oxygen atoms in total. The van der Waals surface area contributed by atoms with Gasteiger partial charge in [-0.1, -0.05) is 48.5 Å². The van der Waals surface area contributed by atoms with Gasteiger partial charge in [-0.2, -0.15) is 5.06 Å². The van der Waals surface area contributed by atoms with Crippen LogP contribution in [0, 0.1) is 10.1 Å². The summed E-state index contributed by atoms with van der Waals surface area (Å²) in [6.45, 7) is 0. The maximum absolute atomic E-state index is 14.3. The Labute approximate surface area is 304 Å². The molecule has 2 aliphatic heterocycles. The molecule has 0 spiro atoms. The molecule has 4 amide bonds. The Morgan fingerprint density at radius 1 is 0.685 bits per heavy atom. The minimum absolute atomic E-state index is 0.120. The Morgan fingerprint density at radius 3 is 1.56 bits per heavy atom. The molecule has 2 atom stereocenters. The number of carbonyl (C=O) groups excluding carboxylic acids is 3. The van der Waals surface area contributed by atoms with Crippen molar-refractivity contribution < 1.29 is 63.7 Å². The van der Waals surface area contributed by atoms with Crippen LogP contribution in [0.1, 0.15) is 60.8 Å². The summed E-state index contributed by atoms with van der Waals surface area (Å²) in [4.78, 5) is 104. The van der Waals surface area contributed by atoms with Gasteiger partial charge >= 0.3 is 29.9 Å². The summed E-state index contributed by atoms with van der Waals surface area (Å²) in [7, 11) is 0. The van der Waals surface area contributed by atoms with Crippen LogP contribution in [0.4, 0.5) is 16.2 Å². The molecule has 0 saturated carbocycles. The number of benzene rings is 3. The Balaban J connectivity index is 1.58. The first-order chi connectivity index (χ1) is 25.6. The summed E-state index contributed by atoms with van der Waals surface area (Å²) in [6, 6.07) is 13.9. The number of fused-ring (bicyclic) bond motifs is 1. The van der Waals surface area contributed by atoms with Crippen molar-refractivity contribution in [1.29, 1.82) is 0 Å². The molecule has 0 aromatic heterocycles. The first-order valence-electron chi connectivity index (χ1n) is 16.3. The summed E-state index contributed by atoms with van der Waals surface area (Å²) in [5, 5.41) is 56.5. The molecule has 0 radical (unpaired) electrons.